The lowest BCUT2D eigenvalue weighted by Gasteiger charge is -2.27. The summed E-state index contributed by atoms with van der Waals surface area (Å²) in [6.45, 7) is 1.92. The molecular weight excluding hydrogens is 238 g/mol. The van der Waals surface area contributed by atoms with E-state index >= 15 is 0 Å². The number of hydrogen-bond acceptors (Lipinski definition) is 4. The Labute approximate surface area is 105 Å². The van der Waals surface area contributed by atoms with Crippen LogP contribution in [0.2, 0.25) is 0 Å². The lowest BCUT2D eigenvalue weighted by Crippen LogP contribution is -2.47. The number of β-amino-alcohol motifs (C(OH)–C–C–N with tert-alkyl or cyclic N) is 1. The molecule has 1 aliphatic heterocycles. The summed E-state index contributed by atoms with van der Waals surface area (Å²) in [5.41, 5.74) is 0. The second-order valence-electron chi connectivity index (χ2n) is 4.59. The van der Waals surface area contributed by atoms with Crippen LogP contribution >= 0.6 is 0 Å². The van der Waals surface area contributed by atoms with Gasteiger partial charge in [0.1, 0.15) is 6.04 Å². The molecule has 1 unspecified atom stereocenters. The van der Waals surface area contributed by atoms with Gasteiger partial charge in [-0.2, -0.15) is 5.26 Å². The van der Waals surface area contributed by atoms with E-state index in [0.29, 0.717) is 0 Å². The lowest BCUT2D eigenvalue weighted by molar-refractivity contribution is -0.141. The van der Waals surface area contributed by atoms with Crippen molar-refractivity contribution in [1.82, 2.24) is 9.80 Å². The number of carbonyl (C=O) groups is 2. The lowest BCUT2D eigenvalue weighted by atomic mass is 10.2. The fourth-order valence-corrected chi connectivity index (χ4v) is 2.01. The van der Waals surface area contributed by atoms with E-state index < -0.39 is 24.1 Å². The largest absolute Gasteiger partial charge is 0.480 e. The predicted octanol–water partition coefficient (Wildman–Crippen LogP) is -0.282. The third-order valence-electron chi connectivity index (χ3n) is 2.90. The number of rotatable bonds is 3. The molecule has 2 N–H and O–H groups in total. The van der Waals surface area contributed by atoms with Crippen LogP contribution < -0.4 is 0 Å². The van der Waals surface area contributed by atoms with Crippen LogP contribution in [-0.2, 0) is 4.79 Å². The number of carbonyl (C=O) groups excluding carboxylic acids is 1. The second-order valence-corrected chi connectivity index (χ2v) is 4.59. The van der Waals surface area contributed by atoms with Gasteiger partial charge in [0.2, 0.25) is 0 Å². The monoisotopic (exact) mass is 255 g/mol. The van der Waals surface area contributed by atoms with E-state index in [1.807, 2.05) is 6.07 Å². The Morgan fingerprint density at radius 2 is 2.22 bits per heavy atom. The molecule has 1 aliphatic rings. The van der Waals surface area contributed by atoms with Crippen molar-refractivity contribution in [2.45, 2.75) is 25.5 Å². The molecule has 0 radical (unpaired) electrons. The molecule has 1 fully saturated rings. The number of urea groups is 1. The number of nitrogens with zero attached hydrogens (tertiary/aromatic N) is 3. The van der Waals surface area contributed by atoms with Gasteiger partial charge in [0, 0.05) is 26.6 Å². The van der Waals surface area contributed by atoms with Crippen molar-refractivity contribution in [1.29, 1.82) is 5.26 Å². The molecule has 0 aliphatic carbocycles. The first-order valence-corrected chi connectivity index (χ1v) is 5.69. The number of carboxylic acids is 1. The molecule has 18 heavy (non-hydrogen) atoms. The number of aliphatic hydroxyl groups is 1. The number of amides is 2. The Hall–Kier alpha value is -1.81. The Morgan fingerprint density at radius 3 is 2.72 bits per heavy atom. The van der Waals surface area contributed by atoms with Crippen LogP contribution in [0, 0.1) is 17.2 Å². The highest BCUT2D eigenvalue weighted by atomic mass is 16.4. The average molecular weight is 255 g/mol. The maximum Gasteiger partial charge on any atom is 0.326 e. The summed E-state index contributed by atoms with van der Waals surface area (Å²) in [6.07, 6.45) is -0.764. The highest BCUT2D eigenvalue weighted by molar-refractivity contribution is 5.83. The van der Waals surface area contributed by atoms with Crippen molar-refractivity contribution in [3.63, 3.8) is 0 Å². The number of carboxylic acid groups (broad SMARTS) is 1. The van der Waals surface area contributed by atoms with Gasteiger partial charge in [0.25, 0.3) is 0 Å². The zero-order valence-electron chi connectivity index (χ0n) is 10.4. The molecule has 7 nitrogen and oxygen atoms in total. The smallest absolute Gasteiger partial charge is 0.326 e. The third kappa shape index (κ3) is 3.11. The second kappa shape index (κ2) is 5.69. The van der Waals surface area contributed by atoms with Crippen LogP contribution in [0.3, 0.4) is 0 Å². The highest BCUT2D eigenvalue weighted by Gasteiger charge is 2.40. The maximum absolute atomic E-state index is 12.0. The summed E-state index contributed by atoms with van der Waals surface area (Å²) in [5, 5.41) is 27.1. The molecule has 0 aromatic heterocycles. The highest BCUT2D eigenvalue weighted by Crippen LogP contribution is 2.19. The van der Waals surface area contributed by atoms with Crippen LogP contribution in [0.4, 0.5) is 4.79 Å². The Kier molecular flexibility index (Phi) is 4.50. The fourth-order valence-electron chi connectivity index (χ4n) is 2.01. The molecule has 3 atom stereocenters. The molecule has 0 aromatic rings. The summed E-state index contributed by atoms with van der Waals surface area (Å²) >= 11 is 0. The van der Waals surface area contributed by atoms with Gasteiger partial charge in [-0.1, -0.05) is 0 Å². The van der Waals surface area contributed by atoms with Crippen molar-refractivity contribution in [3.05, 3.63) is 0 Å². The summed E-state index contributed by atoms with van der Waals surface area (Å²) in [7, 11) is 1.51. The van der Waals surface area contributed by atoms with E-state index in [2.05, 4.69) is 0 Å². The quantitative estimate of drug-likeness (QED) is 0.721. The predicted molar refractivity (Wildman–Crippen MR) is 61.6 cm³/mol. The fraction of sp³-hybridized carbons (Fsp3) is 0.727. The van der Waals surface area contributed by atoms with Crippen molar-refractivity contribution in [2.24, 2.45) is 5.92 Å². The maximum atomic E-state index is 12.0. The molecule has 1 rings (SSSR count). The standard InChI is InChI=1S/C11H17N3O4/c1-7(4-12)5-13(2)11(18)14-6-8(15)3-9(14)10(16)17/h7-9,15H,3,5-6H2,1-2H3,(H,16,17)/t7?,8-,9-/m0/s1. The van der Waals surface area contributed by atoms with E-state index in [-0.39, 0.29) is 25.4 Å². The first-order valence-electron chi connectivity index (χ1n) is 5.69. The minimum atomic E-state index is -1.12. The molecule has 1 heterocycles. The van der Waals surface area contributed by atoms with E-state index in [0.717, 1.165) is 4.90 Å². The van der Waals surface area contributed by atoms with Gasteiger partial charge in [-0.3, -0.25) is 0 Å². The number of likely N-dealkylation sites (tertiary alicyclic amines) is 1. The number of nitriles is 1. The molecule has 0 spiro atoms. The zero-order chi connectivity index (χ0) is 13.9. The molecule has 0 bridgehead atoms. The topological polar surface area (TPSA) is 105 Å². The van der Waals surface area contributed by atoms with Crippen LogP contribution in [-0.4, -0.2) is 64.3 Å². The first kappa shape index (κ1) is 14.3. The SMILES string of the molecule is CC(C#N)CN(C)C(=O)N1C[C@@H](O)C[C@H]1C(=O)O. The Bertz CT molecular complexity index is 379. The van der Waals surface area contributed by atoms with Crippen LogP contribution in [0.1, 0.15) is 13.3 Å². The van der Waals surface area contributed by atoms with Gasteiger partial charge < -0.3 is 20.0 Å². The number of aliphatic carboxylic acids is 1. The van der Waals surface area contributed by atoms with Crippen LogP contribution in [0.15, 0.2) is 0 Å². The van der Waals surface area contributed by atoms with Gasteiger partial charge in [0.15, 0.2) is 0 Å². The molecule has 7 heteroatoms. The van der Waals surface area contributed by atoms with Crippen molar-refractivity contribution in [3.8, 4) is 6.07 Å². The van der Waals surface area contributed by atoms with E-state index in [9.17, 15) is 14.7 Å². The molecule has 0 aromatic carbocycles. The molecular formula is C11H17N3O4. The Balaban J connectivity index is 2.71. The minimum Gasteiger partial charge on any atom is -0.480 e. The first-order chi connectivity index (χ1) is 8.36. The Morgan fingerprint density at radius 1 is 1.61 bits per heavy atom. The van der Waals surface area contributed by atoms with Gasteiger partial charge in [0.05, 0.1) is 18.1 Å². The van der Waals surface area contributed by atoms with E-state index in [1.54, 1.807) is 6.92 Å². The van der Waals surface area contributed by atoms with Gasteiger partial charge >= 0.3 is 12.0 Å². The number of hydrogen-bond donors (Lipinski definition) is 2. The third-order valence-corrected chi connectivity index (χ3v) is 2.90. The van der Waals surface area contributed by atoms with Gasteiger partial charge in [-0.05, 0) is 6.92 Å². The van der Waals surface area contributed by atoms with Crippen LogP contribution in [0.5, 0.6) is 0 Å². The molecule has 0 saturated carbocycles. The van der Waals surface area contributed by atoms with Gasteiger partial charge in [-0.25, -0.2) is 9.59 Å². The molecule has 100 valence electrons. The van der Waals surface area contributed by atoms with E-state index in [4.69, 9.17) is 10.4 Å². The summed E-state index contributed by atoms with van der Waals surface area (Å²) in [6, 6.07) is 0.541. The molecule has 1 saturated heterocycles. The normalized spacial score (nSPS) is 24.4. The van der Waals surface area contributed by atoms with Crippen molar-refractivity contribution >= 4 is 12.0 Å². The zero-order valence-corrected chi connectivity index (χ0v) is 10.4. The van der Waals surface area contributed by atoms with E-state index in [1.165, 1.54) is 11.9 Å². The summed E-state index contributed by atoms with van der Waals surface area (Å²) < 4.78 is 0. The molecule has 2 amide bonds. The summed E-state index contributed by atoms with van der Waals surface area (Å²) in [4.78, 5) is 25.5. The van der Waals surface area contributed by atoms with Crippen molar-refractivity contribution < 1.29 is 19.8 Å². The average Bonchev–Trinajstić information content (AvgIpc) is 2.70. The summed E-state index contributed by atoms with van der Waals surface area (Å²) in [5.74, 6) is -1.45. The van der Waals surface area contributed by atoms with Crippen molar-refractivity contribution in [2.75, 3.05) is 20.1 Å². The number of aliphatic hydroxyl groups excluding tert-OH is 1. The van der Waals surface area contributed by atoms with Gasteiger partial charge in [-0.15, -0.1) is 0 Å². The minimum absolute atomic E-state index is 0.0150. The van der Waals surface area contributed by atoms with Crippen LogP contribution in [0.25, 0.3) is 0 Å².